The van der Waals surface area contributed by atoms with Crippen molar-refractivity contribution in [3.8, 4) is 0 Å². The van der Waals surface area contributed by atoms with Gasteiger partial charge in [0.2, 0.25) is 5.91 Å². The molecule has 17 heavy (non-hydrogen) atoms. The minimum Gasteiger partial charge on any atom is -0.357 e. The summed E-state index contributed by atoms with van der Waals surface area (Å²) in [5.74, 6) is -0.856. The SMILES string of the molecule is CNC(=O)C(C)NC(=O)c1nc(Cl)ccc1Cl. The van der Waals surface area contributed by atoms with Gasteiger partial charge >= 0.3 is 0 Å². The normalized spacial score (nSPS) is 11.8. The predicted molar refractivity (Wildman–Crippen MR) is 65.3 cm³/mol. The topological polar surface area (TPSA) is 71.1 Å². The molecule has 0 radical (unpaired) electrons. The van der Waals surface area contributed by atoms with Gasteiger partial charge in [0.1, 0.15) is 16.9 Å². The molecule has 1 rings (SSSR count). The molecule has 0 aliphatic rings. The Bertz CT molecular complexity index is 451. The van der Waals surface area contributed by atoms with E-state index in [1.54, 1.807) is 6.92 Å². The summed E-state index contributed by atoms with van der Waals surface area (Å²) >= 11 is 11.5. The molecule has 2 N–H and O–H groups in total. The van der Waals surface area contributed by atoms with E-state index in [1.165, 1.54) is 19.2 Å². The van der Waals surface area contributed by atoms with E-state index >= 15 is 0 Å². The number of pyridine rings is 1. The standard InChI is InChI=1S/C10H11Cl2N3O2/c1-5(9(16)13-2)14-10(17)8-6(11)3-4-7(12)15-8/h3-5H,1-2H3,(H,13,16)(H,14,17). The van der Waals surface area contributed by atoms with Crippen LogP contribution in [0.5, 0.6) is 0 Å². The molecule has 92 valence electrons. The quantitative estimate of drug-likeness (QED) is 0.816. The van der Waals surface area contributed by atoms with Crippen molar-refractivity contribution in [2.75, 3.05) is 7.05 Å². The third kappa shape index (κ3) is 3.57. The number of amides is 2. The van der Waals surface area contributed by atoms with Crippen LogP contribution in [0.15, 0.2) is 12.1 Å². The number of halogens is 2. The Labute approximate surface area is 109 Å². The first kappa shape index (κ1) is 13.7. The molecular weight excluding hydrogens is 265 g/mol. The molecular formula is C10H11Cl2N3O2. The average Bonchev–Trinajstić information content (AvgIpc) is 2.30. The van der Waals surface area contributed by atoms with E-state index in [9.17, 15) is 9.59 Å². The second-order valence-electron chi connectivity index (χ2n) is 3.27. The summed E-state index contributed by atoms with van der Waals surface area (Å²) in [5.41, 5.74) is -0.00470. The van der Waals surface area contributed by atoms with E-state index in [-0.39, 0.29) is 21.8 Å². The summed E-state index contributed by atoms with van der Waals surface area (Å²) in [7, 11) is 1.48. The molecule has 0 bridgehead atoms. The number of nitrogens with zero attached hydrogens (tertiary/aromatic N) is 1. The average molecular weight is 276 g/mol. The molecule has 0 aliphatic carbocycles. The fourth-order valence-corrected chi connectivity index (χ4v) is 1.46. The number of rotatable bonds is 3. The molecule has 2 amide bonds. The lowest BCUT2D eigenvalue weighted by molar-refractivity contribution is -0.122. The van der Waals surface area contributed by atoms with Crippen molar-refractivity contribution < 1.29 is 9.59 Å². The van der Waals surface area contributed by atoms with Crippen LogP contribution in [0.1, 0.15) is 17.4 Å². The van der Waals surface area contributed by atoms with Gasteiger partial charge in [-0.05, 0) is 19.1 Å². The first-order valence-electron chi connectivity index (χ1n) is 4.80. The van der Waals surface area contributed by atoms with Crippen LogP contribution < -0.4 is 10.6 Å². The Morgan fingerprint density at radius 2 is 2.00 bits per heavy atom. The highest BCUT2D eigenvalue weighted by Crippen LogP contribution is 2.16. The zero-order chi connectivity index (χ0) is 13.0. The highest BCUT2D eigenvalue weighted by Gasteiger charge is 2.18. The van der Waals surface area contributed by atoms with Crippen LogP contribution in [0.3, 0.4) is 0 Å². The summed E-state index contributed by atoms with van der Waals surface area (Å²) in [5, 5.41) is 5.21. The van der Waals surface area contributed by atoms with Gasteiger partial charge < -0.3 is 10.6 Å². The zero-order valence-corrected chi connectivity index (χ0v) is 10.8. The smallest absolute Gasteiger partial charge is 0.272 e. The number of carbonyl (C=O) groups excluding carboxylic acids is 2. The van der Waals surface area contributed by atoms with E-state index in [0.29, 0.717) is 0 Å². The zero-order valence-electron chi connectivity index (χ0n) is 9.25. The monoisotopic (exact) mass is 275 g/mol. The van der Waals surface area contributed by atoms with E-state index < -0.39 is 11.9 Å². The number of nitrogens with one attached hydrogen (secondary N) is 2. The van der Waals surface area contributed by atoms with Crippen molar-refractivity contribution in [3.05, 3.63) is 28.0 Å². The molecule has 1 aromatic rings. The maximum absolute atomic E-state index is 11.8. The van der Waals surface area contributed by atoms with Gasteiger partial charge in [-0.1, -0.05) is 23.2 Å². The van der Waals surface area contributed by atoms with E-state index in [4.69, 9.17) is 23.2 Å². The van der Waals surface area contributed by atoms with Crippen LogP contribution in [0.2, 0.25) is 10.2 Å². The highest BCUT2D eigenvalue weighted by atomic mass is 35.5. The molecule has 1 heterocycles. The summed E-state index contributed by atoms with van der Waals surface area (Å²) in [4.78, 5) is 26.8. The van der Waals surface area contributed by atoms with E-state index in [0.717, 1.165) is 0 Å². The molecule has 1 aromatic heterocycles. The molecule has 1 unspecified atom stereocenters. The van der Waals surface area contributed by atoms with Gasteiger partial charge in [-0.3, -0.25) is 9.59 Å². The third-order valence-electron chi connectivity index (χ3n) is 2.01. The summed E-state index contributed by atoms with van der Waals surface area (Å²) in [6, 6.07) is 2.27. The Balaban J connectivity index is 2.83. The Morgan fingerprint density at radius 1 is 1.35 bits per heavy atom. The summed E-state index contributed by atoms with van der Waals surface area (Å²) < 4.78 is 0. The molecule has 5 nitrogen and oxygen atoms in total. The predicted octanol–water partition coefficient (Wildman–Crippen LogP) is 1.25. The van der Waals surface area contributed by atoms with Gasteiger partial charge in [-0.25, -0.2) is 4.98 Å². The van der Waals surface area contributed by atoms with Crippen LogP contribution in [0.4, 0.5) is 0 Å². The fourth-order valence-electron chi connectivity index (χ4n) is 1.12. The van der Waals surface area contributed by atoms with Gasteiger partial charge in [0.05, 0.1) is 5.02 Å². The van der Waals surface area contributed by atoms with Crippen molar-refractivity contribution in [2.24, 2.45) is 0 Å². The molecule has 0 aromatic carbocycles. The Morgan fingerprint density at radius 3 is 2.59 bits per heavy atom. The number of likely N-dealkylation sites (N-methyl/N-ethyl adjacent to an activating group) is 1. The van der Waals surface area contributed by atoms with Gasteiger partial charge in [0.25, 0.3) is 5.91 Å². The van der Waals surface area contributed by atoms with Gasteiger partial charge in [-0.15, -0.1) is 0 Å². The molecule has 1 atom stereocenters. The van der Waals surface area contributed by atoms with Crippen molar-refractivity contribution in [2.45, 2.75) is 13.0 Å². The van der Waals surface area contributed by atoms with E-state index in [1.807, 2.05) is 0 Å². The van der Waals surface area contributed by atoms with Crippen LogP contribution in [0, 0.1) is 0 Å². The van der Waals surface area contributed by atoms with Gasteiger partial charge in [0.15, 0.2) is 0 Å². The first-order valence-corrected chi connectivity index (χ1v) is 5.55. The minimum atomic E-state index is -0.677. The van der Waals surface area contributed by atoms with Crippen LogP contribution in [-0.2, 0) is 4.79 Å². The molecule has 0 fully saturated rings. The summed E-state index contributed by atoms with van der Waals surface area (Å²) in [6.07, 6.45) is 0. The molecule has 0 saturated heterocycles. The van der Waals surface area contributed by atoms with Gasteiger partial charge in [0, 0.05) is 7.05 Å². The number of aromatic nitrogens is 1. The summed E-state index contributed by atoms with van der Waals surface area (Å²) in [6.45, 7) is 1.55. The highest BCUT2D eigenvalue weighted by molar-refractivity contribution is 6.34. The van der Waals surface area contributed by atoms with Crippen LogP contribution in [-0.4, -0.2) is 29.9 Å². The molecule has 7 heteroatoms. The van der Waals surface area contributed by atoms with Gasteiger partial charge in [-0.2, -0.15) is 0 Å². The second kappa shape index (κ2) is 5.84. The van der Waals surface area contributed by atoms with Crippen molar-refractivity contribution >= 4 is 35.0 Å². The second-order valence-corrected chi connectivity index (χ2v) is 4.07. The van der Waals surface area contributed by atoms with Crippen LogP contribution in [0.25, 0.3) is 0 Å². The molecule has 0 aliphatic heterocycles. The molecule has 0 saturated carbocycles. The lowest BCUT2D eigenvalue weighted by atomic mass is 10.2. The maximum Gasteiger partial charge on any atom is 0.272 e. The number of hydrogen-bond donors (Lipinski definition) is 2. The molecule has 0 spiro atoms. The maximum atomic E-state index is 11.8. The lowest BCUT2D eigenvalue weighted by Crippen LogP contribution is -2.43. The lowest BCUT2D eigenvalue weighted by Gasteiger charge is -2.12. The largest absolute Gasteiger partial charge is 0.357 e. The Kier molecular flexibility index (Phi) is 4.72. The number of carbonyl (C=O) groups is 2. The van der Waals surface area contributed by atoms with Crippen molar-refractivity contribution in [1.29, 1.82) is 0 Å². The fraction of sp³-hybridized carbons (Fsp3) is 0.300. The van der Waals surface area contributed by atoms with Crippen LogP contribution >= 0.6 is 23.2 Å². The number of hydrogen-bond acceptors (Lipinski definition) is 3. The Hall–Kier alpha value is -1.33. The van der Waals surface area contributed by atoms with Crippen molar-refractivity contribution in [3.63, 3.8) is 0 Å². The van der Waals surface area contributed by atoms with Crippen molar-refractivity contribution in [1.82, 2.24) is 15.6 Å². The minimum absolute atomic E-state index is 0.00470. The third-order valence-corrected chi connectivity index (χ3v) is 2.53. The first-order chi connectivity index (χ1) is 7.95. The van der Waals surface area contributed by atoms with E-state index in [2.05, 4.69) is 15.6 Å².